The molecule has 0 rings (SSSR count). The Hall–Kier alpha value is -1.06. The Morgan fingerprint density at radius 1 is 0.470 bits per heavy atom. The quantitative estimate of drug-likeness (QED) is 0.0236. The highest BCUT2D eigenvalue weighted by atomic mass is 31.2. The number of ether oxygens (including phenoxy) is 2. The molecule has 0 saturated heterocycles. The summed E-state index contributed by atoms with van der Waals surface area (Å²) < 4.78 is 33.6. The predicted octanol–water partition coefficient (Wildman–Crippen LogP) is 16.9. The molecule has 0 amide bonds. The Bertz CT molecular complexity index is 1090. The predicted molar refractivity (Wildman–Crippen MR) is 279 cm³/mol. The highest BCUT2D eigenvalue weighted by Crippen LogP contribution is 2.43. The van der Waals surface area contributed by atoms with Crippen LogP contribution in [0.5, 0.6) is 0 Å². The van der Waals surface area contributed by atoms with Gasteiger partial charge in [-0.15, -0.1) is 0 Å². The summed E-state index contributed by atoms with van der Waals surface area (Å²) >= 11 is 0. The van der Waals surface area contributed by atoms with E-state index in [0.717, 1.165) is 44.9 Å². The topological polar surface area (TPSA) is 132 Å². The minimum absolute atomic E-state index is 0.0521. The van der Waals surface area contributed by atoms with Crippen molar-refractivity contribution in [2.75, 3.05) is 33.0 Å². The van der Waals surface area contributed by atoms with E-state index in [9.17, 15) is 19.4 Å². The number of aliphatic hydroxyl groups is 2. The fourth-order valence-electron chi connectivity index (χ4n) is 8.33. The van der Waals surface area contributed by atoms with Crippen LogP contribution in [0.3, 0.4) is 0 Å². The van der Waals surface area contributed by atoms with Gasteiger partial charge in [-0.05, 0) is 44.9 Å². The molecule has 3 atom stereocenters. The van der Waals surface area contributed by atoms with Crippen LogP contribution in [0.1, 0.15) is 284 Å². The molecular weight excluding hydrogens is 848 g/mol. The summed E-state index contributed by atoms with van der Waals surface area (Å²) in [4.78, 5) is 22.8. The first-order valence-corrected chi connectivity index (χ1v) is 29.8. The SMILES string of the molecule is CCCCCCC/C=C\C/C=C\CCCCCCCCCCCCOCC(COP(=O)(O)OCC(O)CO)OC(=O)CCCCCCCCCCCCCCCCCCCCCCCCC. The van der Waals surface area contributed by atoms with Crippen molar-refractivity contribution >= 4 is 13.8 Å². The van der Waals surface area contributed by atoms with Gasteiger partial charge in [-0.25, -0.2) is 4.57 Å². The van der Waals surface area contributed by atoms with Crippen molar-refractivity contribution in [1.82, 2.24) is 0 Å². The van der Waals surface area contributed by atoms with E-state index in [-0.39, 0.29) is 25.6 Å². The summed E-state index contributed by atoms with van der Waals surface area (Å²) in [6, 6.07) is 0. The van der Waals surface area contributed by atoms with Crippen molar-refractivity contribution in [3.63, 3.8) is 0 Å². The molecule has 3 unspecified atom stereocenters. The highest BCUT2D eigenvalue weighted by Gasteiger charge is 2.26. The number of carbonyl (C=O) groups excluding carboxylic acids is 1. The average molecular weight is 957 g/mol. The number of allylic oxidation sites excluding steroid dienone is 4. The van der Waals surface area contributed by atoms with Crippen LogP contribution in [0.25, 0.3) is 0 Å². The zero-order valence-corrected chi connectivity index (χ0v) is 44.3. The van der Waals surface area contributed by atoms with Crippen LogP contribution in [0.4, 0.5) is 0 Å². The first-order chi connectivity index (χ1) is 32.3. The second-order valence-corrected chi connectivity index (χ2v) is 20.8. The Labute approximate surface area is 408 Å². The molecule has 0 aromatic rings. The molecule has 66 heavy (non-hydrogen) atoms. The average Bonchev–Trinajstić information content (AvgIpc) is 3.31. The van der Waals surface area contributed by atoms with Crippen LogP contribution in [-0.2, 0) is 27.9 Å². The first-order valence-electron chi connectivity index (χ1n) is 28.3. The van der Waals surface area contributed by atoms with Crippen LogP contribution in [0, 0.1) is 0 Å². The Kier molecular flexibility index (Phi) is 52.4. The lowest BCUT2D eigenvalue weighted by atomic mass is 10.0. The summed E-state index contributed by atoms with van der Waals surface area (Å²) in [5.41, 5.74) is 0. The third-order valence-corrected chi connectivity index (χ3v) is 13.6. The minimum atomic E-state index is -4.52. The van der Waals surface area contributed by atoms with Crippen LogP contribution >= 0.6 is 7.82 Å². The smallest absolute Gasteiger partial charge is 0.457 e. The second-order valence-electron chi connectivity index (χ2n) is 19.3. The van der Waals surface area contributed by atoms with Gasteiger partial charge in [0.05, 0.1) is 26.4 Å². The van der Waals surface area contributed by atoms with Crippen LogP contribution in [0.15, 0.2) is 24.3 Å². The van der Waals surface area contributed by atoms with Crippen LogP contribution in [0.2, 0.25) is 0 Å². The number of hydrogen-bond donors (Lipinski definition) is 3. The van der Waals surface area contributed by atoms with Crippen molar-refractivity contribution in [3.05, 3.63) is 24.3 Å². The zero-order chi connectivity index (χ0) is 48.1. The third kappa shape index (κ3) is 52.3. The van der Waals surface area contributed by atoms with Gasteiger partial charge < -0.3 is 24.6 Å². The maximum absolute atomic E-state index is 12.7. The number of hydrogen-bond acceptors (Lipinski definition) is 8. The fourth-order valence-corrected chi connectivity index (χ4v) is 9.12. The molecular formula is C56H109O9P. The molecule has 0 bridgehead atoms. The molecule has 9 nitrogen and oxygen atoms in total. The highest BCUT2D eigenvalue weighted by molar-refractivity contribution is 7.47. The number of unbranched alkanes of at least 4 members (excludes halogenated alkanes) is 37. The van der Waals surface area contributed by atoms with Gasteiger partial charge in [0.2, 0.25) is 0 Å². The molecule has 0 aliphatic heterocycles. The van der Waals surface area contributed by atoms with E-state index in [2.05, 4.69) is 38.2 Å². The Balaban J connectivity index is 3.99. The molecule has 3 N–H and O–H groups in total. The lowest BCUT2D eigenvalue weighted by Crippen LogP contribution is -2.29. The summed E-state index contributed by atoms with van der Waals surface area (Å²) in [6.45, 7) is 3.57. The molecule has 0 aliphatic rings. The van der Waals surface area contributed by atoms with Gasteiger partial charge in [-0.2, -0.15) is 0 Å². The molecule has 0 saturated carbocycles. The van der Waals surface area contributed by atoms with E-state index in [1.165, 1.54) is 218 Å². The fraction of sp³-hybridized carbons (Fsp3) is 0.911. The van der Waals surface area contributed by atoms with E-state index < -0.39 is 33.2 Å². The van der Waals surface area contributed by atoms with Gasteiger partial charge in [0.15, 0.2) is 0 Å². The molecule has 0 spiro atoms. The van der Waals surface area contributed by atoms with Gasteiger partial charge in [0.1, 0.15) is 12.2 Å². The molecule has 0 fully saturated rings. The number of aliphatic hydroxyl groups excluding tert-OH is 2. The Morgan fingerprint density at radius 2 is 0.818 bits per heavy atom. The lowest BCUT2D eigenvalue weighted by molar-refractivity contribution is -0.154. The van der Waals surface area contributed by atoms with E-state index in [1.54, 1.807) is 0 Å². The number of rotatable bonds is 55. The van der Waals surface area contributed by atoms with Gasteiger partial charge in [0, 0.05) is 13.0 Å². The number of carbonyl (C=O) groups is 1. The van der Waals surface area contributed by atoms with E-state index in [0.29, 0.717) is 6.61 Å². The third-order valence-electron chi connectivity index (χ3n) is 12.6. The van der Waals surface area contributed by atoms with E-state index >= 15 is 0 Å². The van der Waals surface area contributed by atoms with Gasteiger partial charge in [-0.3, -0.25) is 13.8 Å². The minimum Gasteiger partial charge on any atom is -0.457 e. The molecule has 10 heteroatoms. The molecule has 0 aliphatic carbocycles. The maximum atomic E-state index is 12.7. The van der Waals surface area contributed by atoms with Crippen molar-refractivity contribution in [2.45, 2.75) is 296 Å². The van der Waals surface area contributed by atoms with Crippen LogP contribution in [-0.4, -0.2) is 66.3 Å². The van der Waals surface area contributed by atoms with Crippen molar-refractivity contribution in [1.29, 1.82) is 0 Å². The van der Waals surface area contributed by atoms with E-state index in [1.807, 2.05) is 0 Å². The first kappa shape index (κ1) is 64.9. The molecule has 0 radical (unpaired) electrons. The van der Waals surface area contributed by atoms with Gasteiger partial charge in [-0.1, -0.05) is 256 Å². The molecule has 392 valence electrons. The largest absolute Gasteiger partial charge is 0.472 e. The molecule has 0 aromatic carbocycles. The van der Waals surface area contributed by atoms with Crippen LogP contribution < -0.4 is 0 Å². The van der Waals surface area contributed by atoms with Crippen molar-refractivity contribution < 1.29 is 43.0 Å². The Morgan fingerprint density at radius 3 is 1.21 bits per heavy atom. The normalized spacial score (nSPS) is 13.8. The molecule has 0 aromatic heterocycles. The number of phosphoric ester groups is 1. The van der Waals surface area contributed by atoms with Crippen molar-refractivity contribution in [3.8, 4) is 0 Å². The number of esters is 1. The summed E-state index contributed by atoms with van der Waals surface area (Å²) in [7, 11) is -4.52. The monoisotopic (exact) mass is 957 g/mol. The van der Waals surface area contributed by atoms with Gasteiger partial charge >= 0.3 is 13.8 Å². The lowest BCUT2D eigenvalue weighted by Gasteiger charge is -2.20. The van der Waals surface area contributed by atoms with Crippen molar-refractivity contribution in [2.24, 2.45) is 0 Å². The van der Waals surface area contributed by atoms with E-state index in [4.69, 9.17) is 23.6 Å². The molecule has 0 heterocycles. The summed E-state index contributed by atoms with van der Waals surface area (Å²) in [6.07, 6.45) is 60.1. The second kappa shape index (κ2) is 53.3. The standard InChI is InChI=1S/C56H109O9P/c1-3-5-7-9-11-13-15-17-19-21-23-25-27-28-30-32-34-36-38-40-42-44-46-48-56(59)65-55(53-64-66(60,61)63-51-54(58)50-57)52-62-49-47-45-43-41-39-37-35-33-31-29-26-24-22-20-18-16-14-12-10-8-6-4-2/h16,18,22,24,54-55,57-58H,3-15,17,19-21,23,25-53H2,1-2H3,(H,60,61)/b18-16-,24-22-. The summed E-state index contributed by atoms with van der Waals surface area (Å²) in [5, 5.41) is 18.5. The summed E-state index contributed by atoms with van der Waals surface area (Å²) in [5.74, 6) is -0.376. The van der Waals surface area contributed by atoms with Gasteiger partial charge in [0.25, 0.3) is 0 Å². The zero-order valence-electron chi connectivity index (χ0n) is 43.4. The maximum Gasteiger partial charge on any atom is 0.472 e. The number of phosphoric acid groups is 1.